The number of benzene rings is 2. The molecule has 1 N–H and O–H groups in total. The molecular weight excluding hydrogens is 432 g/mol. The molecule has 0 aliphatic carbocycles. The van der Waals surface area contributed by atoms with Gasteiger partial charge >= 0.3 is 5.97 Å². The van der Waals surface area contributed by atoms with Crippen LogP contribution in [-0.2, 0) is 16.0 Å². The van der Waals surface area contributed by atoms with Crippen molar-refractivity contribution in [2.75, 3.05) is 7.11 Å². The Kier molecular flexibility index (Phi) is 6.08. The molecule has 0 fully saturated rings. The van der Waals surface area contributed by atoms with Crippen LogP contribution < -0.4 is 5.32 Å². The largest absolute Gasteiger partial charge is 0.467 e. The van der Waals surface area contributed by atoms with E-state index < -0.39 is 17.9 Å². The maximum absolute atomic E-state index is 12.8. The van der Waals surface area contributed by atoms with Crippen LogP contribution in [0.2, 0.25) is 5.02 Å². The minimum absolute atomic E-state index is 0.234. The number of amides is 1. The molecule has 0 saturated carbocycles. The summed E-state index contributed by atoms with van der Waals surface area (Å²) >= 11 is 9.49. The summed E-state index contributed by atoms with van der Waals surface area (Å²) in [4.78, 5) is 29.4. The topological polar surface area (TPSA) is 68.3 Å². The molecule has 2 aromatic carbocycles. The van der Waals surface area contributed by atoms with Crippen molar-refractivity contribution in [1.82, 2.24) is 10.3 Å². The number of methoxy groups -OCH3 is 1. The van der Waals surface area contributed by atoms with Gasteiger partial charge in [-0.3, -0.25) is 9.78 Å². The number of aromatic nitrogens is 1. The van der Waals surface area contributed by atoms with E-state index in [9.17, 15) is 9.59 Å². The van der Waals surface area contributed by atoms with Gasteiger partial charge in [-0.2, -0.15) is 0 Å². The minimum atomic E-state index is -0.865. The van der Waals surface area contributed by atoms with Crippen molar-refractivity contribution in [3.63, 3.8) is 0 Å². The number of esters is 1. The number of rotatable bonds is 5. The van der Waals surface area contributed by atoms with Crippen molar-refractivity contribution in [3.8, 4) is 0 Å². The van der Waals surface area contributed by atoms with Gasteiger partial charge < -0.3 is 10.1 Å². The highest BCUT2D eigenvalue weighted by Gasteiger charge is 2.24. The van der Waals surface area contributed by atoms with E-state index >= 15 is 0 Å². The van der Waals surface area contributed by atoms with Crippen LogP contribution >= 0.6 is 27.5 Å². The molecule has 0 spiro atoms. The highest BCUT2D eigenvalue weighted by molar-refractivity contribution is 9.10. The quantitative estimate of drug-likeness (QED) is 0.596. The second kappa shape index (κ2) is 8.50. The molecule has 0 saturated heterocycles. The van der Waals surface area contributed by atoms with E-state index in [1.807, 2.05) is 12.1 Å². The zero-order chi connectivity index (χ0) is 19.4. The van der Waals surface area contributed by atoms with E-state index in [1.165, 1.54) is 7.11 Å². The van der Waals surface area contributed by atoms with Gasteiger partial charge in [-0.15, -0.1) is 0 Å². The number of pyridine rings is 1. The normalized spacial score (nSPS) is 11.8. The van der Waals surface area contributed by atoms with Crippen molar-refractivity contribution in [2.45, 2.75) is 12.5 Å². The molecule has 0 radical (unpaired) electrons. The fourth-order valence-electron chi connectivity index (χ4n) is 2.78. The molecule has 1 amide bonds. The number of ether oxygens (including phenoxy) is 1. The first-order chi connectivity index (χ1) is 13.0. The van der Waals surface area contributed by atoms with Gasteiger partial charge in [0.15, 0.2) is 0 Å². The van der Waals surface area contributed by atoms with Gasteiger partial charge in [0, 0.05) is 27.5 Å². The lowest BCUT2D eigenvalue weighted by Crippen LogP contribution is -2.43. The number of hydrogen-bond acceptors (Lipinski definition) is 4. The smallest absolute Gasteiger partial charge is 0.328 e. The maximum Gasteiger partial charge on any atom is 0.328 e. The van der Waals surface area contributed by atoms with Crippen molar-refractivity contribution in [1.29, 1.82) is 0 Å². The van der Waals surface area contributed by atoms with E-state index in [4.69, 9.17) is 16.3 Å². The van der Waals surface area contributed by atoms with Gasteiger partial charge in [-0.1, -0.05) is 45.7 Å². The molecule has 0 aliphatic rings. The number of carbonyl (C=O) groups is 2. The van der Waals surface area contributed by atoms with E-state index in [0.29, 0.717) is 16.1 Å². The molecule has 3 aromatic rings. The van der Waals surface area contributed by atoms with Gasteiger partial charge in [-0.25, -0.2) is 4.79 Å². The van der Waals surface area contributed by atoms with E-state index in [-0.39, 0.29) is 6.42 Å². The first-order valence-corrected chi connectivity index (χ1v) is 9.33. The van der Waals surface area contributed by atoms with Crippen LogP contribution in [0.1, 0.15) is 15.9 Å². The van der Waals surface area contributed by atoms with E-state index in [1.54, 1.807) is 42.6 Å². The standard InChI is InChI=1S/C20H16BrClN2O3/c1-27-20(26)17(11-13-10-14(22)7-8-16(13)21)24-19(25)15-6-2-4-12-5-3-9-23-18(12)15/h2-10,17H,11H2,1H3,(H,24,25)/t17-/m1/s1. The van der Waals surface area contributed by atoms with Crippen molar-refractivity contribution >= 4 is 50.3 Å². The predicted molar refractivity (Wildman–Crippen MR) is 108 cm³/mol. The highest BCUT2D eigenvalue weighted by atomic mass is 79.9. The number of nitrogens with zero attached hydrogens (tertiary/aromatic N) is 1. The zero-order valence-electron chi connectivity index (χ0n) is 14.4. The van der Waals surface area contributed by atoms with Crippen molar-refractivity contribution in [2.24, 2.45) is 0 Å². The fourth-order valence-corrected chi connectivity index (χ4v) is 3.38. The maximum atomic E-state index is 12.8. The number of nitrogens with one attached hydrogen (secondary N) is 1. The Hall–Kier alpha value is -2.44. The molecule has 1 heterocycles. The number of halogens is 2. The Morgan fingerprint density at radius 1 is 1.22 bits per heavy atom. The molecule has 3 rings (SSSR count). The summed E-state index contributed by atoms with van der Waals surface area (Å²) in [5, 5.41) is 4.14. The summed E-state index contributed by atoms with van der Waals surface area (Å²) in [6, 6.07) is 13.4. The third-order valence-corrected chi connectivity index (χ3v) is 5.11. The summed E-state index contributed by atoms with van der Waals surface area (Å²) in [7, 11) is 1.29. The lowest BCUT2D eigenvalue weighted by Gasteiger charge is -2.18. The summed E-state index contributed by atoms with van der Waals surface area (Å²) in [6.45, 7) is 0. The number of hydrogen-bond donors (Lipinski definition) is 1. The van der Waals surface area contributed by atoms with Gasteiger partial charge in [0.2, 0.25) is 0 Å². The highest BCUT2D eigenvalue weighted by Crippen LogP contribution is 2.23. The summed E-state index contributed by atoms with van der Waals surface area (Å²) in [5.41, 5.74) is 1.76. The second-order valence-corrected chi connectivity index (χ2v) is 7.16. The lowest BCUT2D eigenvalue weighted by molar-refractivity contribution is -0.142. The first kappa shape index (κ1) is 19.3. The Bertz CT molecular complexity index is 1000. The van der Waals surface area contributed by atoms with E-state index in [2.05, 4.69) is 26.2 Å². The molecule has 27 heavy (non-hydrogen) atoms. The van der Waals surface area contributed by atoms with Crippen LogP contribution in [0.3, 0.4) is 0 Å². The molecule has 138 valence electrons. The van der Waals surface area contributed by atoms with Crippen LogP contribution in [0.5, 0.6) is 0 Å². The van der Waals surface area contributed by atoms with Gasteiger partial charge in [0.1, 0.15) is 6.04 Å². The van der Waals surface area contributed by atoms with Crippen LogP contribution in [-0.4, -0.2) is 30.0 Å². The minimum Gasteiger partial charge on any atom is -0.467 e. The zero-order valence-corrected chi connectivity index (χ0v) is 16.8. The Morgan fingerprint density at radius 3 is 2.78 bits per heavy atom. The molecule has 0 unspecified atom stereocenters. The average molecular weight is 448 g/mol. The van der Waals surface area contributed by atoms with Crippen LogP contribution in [0.25, 0.3) is 10.9 Å². The molecular formula is C20H16BrClN2O3. The van der Waals surface area contributed by atoms with Gasteiger partial charge in [0.25, 0.3) is 5.91 Å². The summed E-state index contributed by atoms with van der Waals surface area (Å²) < 4.78 is 5.65. The molecule has 7 heteroatoms. The van der Waals surface area contributed by atoms with Crippen LogP contribution in [0.15, 0.2) is 59.2 Å². The lowest BCUT2D eigenvalue weighted by atomic mass is 10.0. The Labute approximate surface area is 169 Å². The first-order valence-electron chi connectivity index (χ1n) is 8.16. The van der Waals surface area contributed by atoms with Crippen LogP contribution in [0, 0.1) is 0 Å². The second-order valence-electron chi connectivity index (χ2n) is 5.87. The fraction of sp³-hybridized carbons (Fsp3) is 0.150. The Balaban J connectivity index is 1.89. The third-order valence-electron chi connectivity index (χ3n) is 4.10. The summed E-state index contributed by atoms with van der Waals surface area (Å²) in [5.74, 6) is -0.934. The third kappa shape index (κ3) is 4.46. The van der Waals surface area contributed by atoms with Crippen LogP contribution in [0.4, 0.5) is 0 Å². The number of carbonyl (C=O) groups excluding carboxylic acids is 2. The van der Waals surface area contributed by atoms with Gasteiger partial charge in [-0.05, 0) is 35.9 Å². The molecule has 1 atom stereocenters. The van der Waals surface area contributed by atoms with Gasteiger partial charge in [0.05, 0.1) is 18.2 Å². The monoisotopic (exact) mass is 446 g/mol. The number of para-hydroxylation sites is 1. The summed E-state index contributed by atoms with van der Waals surface area (Å²) in [6.07, 6.45) is 1.86. The van der Waals surface area contributed by atoms with Crippen molar-refractivity contribution < 1.29 is 14.3 Å². The average Bonchev–Trinajstić information content (AvgIpc) is 2.69. The SMILES string of the molecule is COC(=O)[C@@H](Cc1cc(Cl)ccc1Br)NC(=O)c1cccc2cccnc12. The molecule has 1 aromatic heterocycles. The predicted octanol–water partition coefficient (Wildman–Crippen LogP) is 4.16. The molecule has 0 aliphatic heterocycles. The number of fused-ring (bicyclic) bond motifs is 1. The van der Waals surface area contributed by atoms with Crippen molar-refractivity contribution in [3.05, 3.63) is 75.4 Å². The molecule has 5 nitrogen and oxygen atoms in total. The van der Waals surface area contributed by atoms with E-state index in [0.717, 1.165) is 15.4 Å². The molecule has 0 bridgehead atoms. The Morgan fingerprint density at radius 2 is 2.00 bits per heavy atom.